The van der Waals surface area contributed by atoms with Gasteiger partial charge in [-0.25, -0.2) is 10.2 Å². The van der Waals surface area contributed by atoms with Crippen LogP contribution >= 0.6 is 0 Å². The number of isocyanates is 1. The molecule has 0 unspecified atom stereocenters. The Balaban J connectivity index is 0.000000292. The van der Waals surface area contributed by atoms with E-state index in [1.165, 1.54) is 0 Å². The Bertz CT molecular complexity index is 231. The van der Waals surface area contributed by atoms with E-state index in [0.717, 1.165) is 17.3 Å². The number of nitrogen functional groups attached to an aromatic ring is 1. The van der Waals surface area contributed by atoms with Crippen molar-refractivity contribution in [3.05, 3.63) is 29.8 Å². The molecule has 0 spiro atoms. The number of nitrogens with one attached hydrogen (secondary N) is 1. The zero-order chi connectivity index (χ0) is 8.69. The molecule has 3 heteroatoms. The van der Waals surface area contributed by atoms with Gasteiger partial charge in [0.1, 0.15) is 0 Å². The molecule has 3 N–H and O–H groups in total. The summed E-state index contributed by atoms with van der Waals surface area (Å²) in [5, 5.41) is 5.40. The van der Waals surface area contributed by atoms with Crippen molar-refractivity contribution in [1.29, 1.82) is 5.41 Å². The van der Waals surface area contributed by atoms with Crippen LogP contribution in [-0.4, -0.2) is 6.08 Å². The number of rotatable bonds is 0. The second kappa shape index (κ2) is 5.21. The van der Waals surface area contributed by atoms with Gasteiger partial charge in [0.05, 0.1) is 0 Å². The van der Waals surface area contributed by atoms with E-state index in [0.29, 0.717) is 0 Å². The molecule has 0 saturated heterocycles. The maximum Gasteiger partial charge on any atom is 0.231 e. The van der Waals surface area contributed by atoms with Crippen molar-refractivity contribution in [3.63, 3.8) is 0 Å². The molecule has 0 radical (unpaired) electrons. The van der Waals surface area contributed by atoms with Crippen molar-refractivity contribution in [3.8, 4) is 0 Å². The van der Waals surface area contributed by atoms with Crippen LogP contribution < -0.4 is 5.73 Å². The monoisotopic (exact) mass is 150 g/mol. The molecule has 1 aromatic carbocycles. The quantitative estimate of drug-likeness (QED) is 0.334. The number of para-hydroxylation sites is 1. The molecule has 58 valence electrons. The second-order valence-corrected chi connectivity index (χ2v) is 1.96. The zero-order valence-corrected chi connectivity index (χ0v) is 6.29. The van der Waals surface area contributed by atoms with E-state index in [1.807, 2.05) is 31.2 Å². The van der Waals surface area contributed by atoms with Crippen LogP contribution in [0.5, 0.6) is 0 Å². The molecule has 0 aliphatic carbocycles. The topological polar surface area (TPSA) is 66.9 Å². The van der Waals surface area contributed by atoms with E-state index in [2.05, 4.69) is 0 Å². The highest BCUT2D eigenvalue weighted by molar-refractivity contribution is 5.44. The Morgan fingerprint density at radius 3 is 2.18 bits per heavy atom. The van der Waals surface area contributed by atoms with Gasteiger partial charge in [0.25, 0.3) is 0 Å². The summed E-state index contributed by atoms with van der Waals surface area (Å²) in [7, 11) is 0. The van der Waals surface area contributed by atoms with Gasteiger partial charge in [0, 0.05) is 5.69 Å². The smallest absolute Gasteiger partial charge is 0.231 e. The summed E-state index contributed by atoms with van der Waals surface area (Å²) >= 11 is 0. The van der Waals surface area contributed by atoms with Crippen LogP contribution in [-0.2, 0) is 4.79 Å². The molecule has 0 bridgehead atoms. The molecule has 1 aromatic rings. The van der Waals surface area contributed by atoms with Gasteiger partial charge in [0.15, 0.2) is 0 Å². The number of anilines is 1. The Hall–Kier alpha value is -1.60. The third-order valence-electron chi connectivity index (χ3n) is 1.19. The third kappa shape index (κ3) is 3.89. The van der Waals surface area contributed by atoms with Crippen LogP contribution in [0.25, 0.3) is 0 Å². The van der Waals surface area contributed by atoms with Crippen LogP contribution in [0, 0.1) is 12.3 Å². The first kappa shape index (κ1) is 9.40. The fourth-order valence-electron chi connectivity index (χ4n) is 0.587. The zero-order valence-electron chi connectivity index (χ0n) is 6.29. The summed E-state index contributed by atoms with van der Waals surface area (Å²) in [6.45, 7) is 2.00. The first-order valence-corrected chi connectivity index (χ1v) is 3.07. The van der Waals surface area contributed by atoms with Crippen LogP contribution in [0.15, 0.2) is 24.3 Å². The van der Waals surface area contributed by atoms with Gasteiger partial charge < -0.3 is 5.73 Å². The fraction of sp³-hybridized carbons (Fsp3) is 0.125. The van der Waals surface area contributed by atoms with E-state index in [4.69, 9.17) is 15.9 Å². The van der Waals surface area contributed by atoms with Gasteiger partial charge >= 0.3 is 0 Å². The predicted molar refractivity (Wildman–Crippen MR) is 44.0 cm³/mol. The Kier molecular flexibility index (Phi) is 4.45. The van der Waals surface area contributed by atoms with E-state index in [-0.39, 0.29) is 0 Å². The molecule has 0 aliphatic heterocycles. The summed E-state index contributed by atoms with van der Waals surface area (Å²) in [5.41, 5.74) is 7.53. The number of hydrogen-bond donors (Lipinski definition) is 2. The Labute approximate surface area is 65.4 Å². The number of aryl methyl sites for hydroxylation is 1. The molecular formula is C8H10N2O. The van der Waals surface area contributed by atoms with Gasteiger partial charge in [-0.1, -0.05) is 18.2 Å². The van der Waals surface area contributed by atoms with E-state index in [1.54, 1.807) is 0 Å². The highest BCUT2D eigenvalue weighted by Gasteiger charge is 1.84. The molecule has 0 aromatic heterocycles. The van der Waals surface area contributed by atoms with Gasteiger partial charge in [0.2, 0.25) is 6.08 Å². The van der Waals surface area contributed by atoms with Crippen LogP contribution in [0.2, 0.25) is 0 Å². The van der Waals surface area contributed by atoms with Crippen molar-refractivity contribution in [2.45, 2.75) is 6.92 Å². The molecule has 0 amide bonds. The predicted octanol–water partition coefficient (Wildman–Crippen LogP) is 1.48. The molecule has 11 heavy (non-hydrogen) atoms. The van der Waals surface area contributed by atoms with Crippen molar-refractivity contribution in [1.82, 2.24) is 0 Å². The number of hydrogen-bond acceptors (Lipinski definition) is 3. The fourth-order valence-corrected chi connectivity index (χ4v) is 0.587. The third-order valence-corrected chi connectivity index (χ3v) is 1.19. The minimum atomic E-state index is 0.750. The number of carbonyl (C=O) groups excluding carboxylic acids is 1. The first-order chi connectivity index (χ1) is 5.22. The Morgan fingerprint density at radius 1 is 1.45 bits per heavy atom. The average molecular weight is 150 g/mol. The molecule has 3 nitrogen and oxygen atoms in total. The second-order valence-electron chi connectivity index (χ2n) is 1.96. The summed E-state index contributed by atoms with van der Waals surface area (Å²) in [6.07, 6.45) is 0.750. The lowest BCUT2D eigenvalue weighted by Gasteiger charge is -1.93. The SMILES string of the molecule is Cc1ccccc1N.N=C=O. The highest BCUT2D eigenvalue weighted by Crippen LogP contribution is 2.06. The van der Waals surface area contributed by atoms with Gasteiger partial charge in [-0.05, 0) is 18.6 Å². The molecule has 0 atom stereocenters. The van der Waals surface area contributed by atoms with E-state index < -0.39 is 0 Å². The minimum absolute atomic E-state index is 0.750. The highest BCUT2D eigenvalue weighted by atomic mass is 16.1. The van der Waals surface area contributed by atoms with Crippen molar-refractivity contribution in [2.24, 2.45) is 0 Å². The lowest BCUT2D eigenvalue weighted by Crippen LogP contribution is -1.85. The maximum absolute atomic E-state index is 8.35. The van der Waals surface area contributed by atoms with Crippen LogP contribution in [0.4, 0.5) is 5.69 Å². The van der Waals surface area contributed by atoms with Crippen molar-refractivity contribution >= 4 is 11.8 Å². The Morgan fingerprint density at radius 2 is 1.91 bits per heavy atom. The number of benzene rings is 1. The normalized spacial score (nSPS) is 7.36. The largest absolute Gasteiger partial charge is 0.399 e. The summed E-state index contributed by atoms with van der Waals surface area (Å²) in [6, 6.07) is 7.80. The minimum Gasteiger partial charge on any atom is -0.399 e. The molecule has 0 heterocycles. The standard InChI is InChI=1S/C7H9N.CHNO/c1-6-4-2-3-5-7(6)8;2-1-3/h2-5H,8H2,1H3;2H. The van der Waals surface area contributed by atoms with Crippen molar-refractivity contribution in [2.75, 3.05) is 5.73 Å². The molecule has 0 aliphatic rings. The lowest BCUT2D eigenvalue weighted by molar-refractivity contribution is 0.563. The van der Waals surface area contributed by atoms with Gasteiger partial charge in [-0.2, -0.15) is 0 Å². The van der Waals surface area contributed by atoms with Crippen molar-refractivity contribution < 1.29 is 4.79 Å². The van der Waals surface area contributed by atoms with Gasteiger partial charge in [-0.3, -0.25) is 0 Å². The van der Waals surface area contributed by atoms with Crippen LogP contribution in [0.3, 0.4) is 0 Å². The maximum atomic E-state index is 8.35. The molecule has 0 fully saturated rings. The molecule has 0 saturated carbocycles. The van der Waals surface area contributed by atoms with E-state index in [9.17, 15) is 0 Å². The lowest BCUT2D eigenvalue weighted by atomic mass is 10.2. The van der Waals surface area contributed by atoms with Gasteiger partial charge in [-0.15, -0.1) is 0 Å². The average Bonchev–Trinajstić information content (AvgIpc) is 1.97. The number of nitrogens with two attached hydrogens (primary N) is 1. The summed E-state index contributed by atoms with van der Waals surface area (Å²) < 4.78 is 0. The van der Waals surface area contributed by atoms with E-state index >= 15 is 0 Å². The molecular weight excluding hydrogens is 140 g/mol. The van der Waals surface area contributed by atoms with Crippen LogP contribution in [0.1, 0.15) is 5.56 Å². The first-order valence-electron chi connectivity index (χ1n) is 3.07. The summed E-state index contributed by atoms with van der Waals surface area (Å²) in [4.78, 5) is 8.35. The summed E-state index contributed by atoms with van der Waals surface area (Å²) in [5.74, 6) is 0. The molecule has 1 rings (SSSR count).